The molecule has 0 spiro atoms. The molecule has 3 rings (SSSR count). The van der Waals surface area contributed by atoms with Gasteiger partial charge in [-0.1, -0.05) is 11.3 Å². The summed E-state index contributed by atoms with van der Waals surface area (Å²) in [6.07, 6.45) is 1.96. The van der Waals surface area contributed by atoms with Crippen LogP contribution in [0.3, 0.4) is 0 Å². The third-order valence-electron chi connectivity index (χ3n) is 4.47. The second-order valence-corrected chi connectivity index (χ2v) is 10.8. The van der Waals surface area contributed by atoms with Gasteiger partial charge in [0, 0.05) is 44.1 Å². The number of amides is 1. The summed E-state index contributed by atoms with van der Waals surface area (Å²) < 4.78 is 28.0. The van der Waals surface area contributed by atoms with E-state index in [1.54, 1.807) is 17.8 Å². The minimum Gasteiger partial charge on any atom is -0.315 e. The number of aryl methyl sites for hydroxylation is 1. The van der Waals surface area contributed by atoms with Crippen LogP contribution in [0.2, 0.25) is 0 Å². The molecule has 1 heterocycles. The number of non-ortho nitro benzene ring substituents is 1. The lowest BCUT2D eigenvalue weighted by molar-refractivity contribution is -0.384. The molecule has 9 nitrogen and oxygen atoms in total. The molecule has 0 aliphatic heterocycles. The zero-order valence-corrected chi connectivity index (χ0v) is 19.5. The van der Waals surface area contributed by atoms with Crippen molar-refractivity contribution in [2.45, 2.75) is 11.4 Å². The molecule has 2 aromatic carbocycles. The fourth-order valence-corrected chi connectivity index (χ4v) is 5.15. The Balaban J connectivity index is 2.04. The lowest BCUT2D eigenvalue weighted by Crippen LogP contribution is -2.22. The van der Waals surface area contributed by atoms with Crippen molar-refractivity contribution in [3.63, 3.8) is 0 Å². The van der Waals surface area contributed by atoms with Crippen molar-refractivity contribution >= 4 is 54.9 Å². The zero-order valence-electron chi connectivity index (χ0n) is 17.0. The van der Waals surface area contributed by atoms with Crippen LogP contribution in [0.5, 0.6) is 0 Å². The van der Waals surface area contributed by atoms with Crippen LogP contribution in [0, 0.1) is 10.1 Å². The van der Waals surface area contributed by atoms with Crippen molar-refractivity contribution in [2.24, 2.45) is 4.99 Å². The van der Waals surface area contributed by atoms with E-state index in [1.807, 2.05) is 10.8 Å². The van der Waals surface area contributed by atoms with Gasteiger partial charge in [0.25, 0.3) is 11.6 Å². The van der Waals surface area contributed by atoms with Crippen molar-refractivity contribution in [1.82, 2.24) is 8.87 Å². The number of thioether (sulfide) groups is 1. The SMILES string of the molecule is CSCCn1c(=NC(=O)c2ccc(S(=O)(=O)N(C)C)cc2)sc2cc([N+](=O)[O-])ccc21. The number of aromatic nitrogens is 1. The molecule has 31 heavy (non-hydrogen) atoms. The molecule has 164 valence electrons. The second-order valence-electron chi connectivity index (χ2n) is 6.67. The highest BCUT2D eigenvalue weighted by Crippen LogP contribution is 2.23. The van der Waals surface area contributed by atoms with Gasteiger partial charge in [0.15, 0.2) is 4.80 Å². The fraction of sp³-hybridized carbons (Fsp3) is 0.263. The largest absolute Gasteiger partial charge is 0.315 e. The molecule has 0 N–H and O–H groups in total. The van der Waals surface area contributed by atoms with Gasteiger partial charge in [0.1, 0.15) is 0 Å². The summed E-state index contributed by atoms with van der Waals surface area (Å²) in [7, 11) is -0.725. The fourth-order valence-electron chi connectivity index (χ4n) is 2.79. The van der Waals surface area contributed by atoms with E-state index in [4.69, 9.17) is 0 Å². The Hall–Kier alpha value is -2.54. The molecule has 0 fully saturated rings. The maximum atomic E-state index is 12.7. The van der Waals surface area contributed by atoms with Crippen LogP contribution in [0.25, 0.3) is 10.2 Å². The summed E-state index contributed by atoms with van der Waals surface area (Å²) in [6.45, 7) is 0.588. The number of thiazole rings is 1. The number of sulfonamides is 1. The van der Waals surface area contributed by atoms with E-state index in [-0.39, 0.29) is 16.1 Å². The molecule has 0 atom stereocenters. The van der Waals surface area contributed by atoms with Crippen LogP contribution >= 0.6 is 23.1 Å². The van der Waals surface area contributed by atoms with Crippen molar-refractivity contribution in [3.05, 3.63) is 62.9 Å². The monoisotopic (exact) mass is 480 g/mol. The third-order valence-corrected chi connectivity index (χ3v) is 7.93. The Morgan fingerprint density at radius 1 is 1.23 bits per heavy atom. The molecule has 3 aromatic rings. The summed E-state index contributed by atoms with van der Waals surface area (Å²) >= 11 is 2.83. The Labute approximate surface area is 187 Å². The highest BCUT2D eigenvalue weighted by atomic mass is 32.2. The van der Waals surface area contributed by atoms with Gasteiger partial charge in [-0.2, -0.15) is 16.8 Å². The Bertz CT molecular complexity index is 1310. The second kappa shape index (κ2) is 9.30. The summed E-state index contributed by atoms with van der Waals surface area (Å²) in [4.78, 5) is 28.1. The van der Waals surface area contributed by atoms with E-state index < -0.39 is 20.9 Å². The number of hydrogen-bond acceptors (Lipinski definition) is 7. The molecule has 1 amide bonds. The van der Waals surface area contributed by atoms with Crippen molar-refractivity contribution in [2.75, 3.05) is 26.1 Å². The van der Waals surface area contributed by atoms with E-state index in [0.29, 0.717) is 16.0 Å². The number of nitro groups is 1. The molecule has 0 bridgehead atoms. The average Bonchev–Trinajstić information content (AvgIpc) is 3.08. The molecule has 0 unspecified atom stereocenters. The Kier molecular flexibility index (Phi) is 6.94. The van der Waals surface area contributed by atoms with Gasteiger partial charge < -0.3 is 4.57 Å². The van der Waals surface area contributed by atoms with Crippen LogP contribution in [0.15, 0.2) is 52.4 Å². The van der Waals surface area contributed by atoms with Crippen LogP contribution in [-0.2, 0) is 16.6 Å². The molecule has 1 aromatic heterocycles. The minimum atomic E-state index is -3.59. The zero-order chi connectivity index (χ0) is 22.8. The standard InChI is InChI=1S/C19H20N4O5S3/c1-21(2)31(27,28)15-7-4-13(5-8-15)18(24)20-19-22(10-11-29-3)16-9-6-14(23(25)26)12-17(16)30-19/h4-9,12H,10-11H2,1-3H3. The predicted octanol–water partition coefficient (Wildman–Crippen LogP) is 2.97. The summed E-state index contributed by atoms with van der Waals surface area (Å²) in [6, 6.07) is 10.1. The van der Waals surface area contributed by atoms with Gasteiger partial charge in [-0.3, -0.25) is 14.9 Å². The molecule has 0 aliphatic rings. The van der Waals surface area contributed by atoms with Crippen molar-refractivity contribution in [3.8, 4) is 0 Å². The molecule has 0 aliphatic carbocycles. The van der Waals surface area contributed by atoms with Gasteiger partial charge in [0.05, 0.1) is 20.0 Å². The van der Waals surface area contributed by atoms with Crippen LogP contribution < -0.4 is 4.80 Å². The number of benzene rings is 2. The van der Waals surface area contributed by atoms with Crippen LogP contribution in [0.4, 0.5) is 5.69 Å². The number of fused-ring (bicyclic) bond motifs is 1. The first kappa shape index (κ1) is 23.1. The third kappa shape index (κ3) is 4.87. The summed E-state index contributed by atoms with van der Waals surface area (Å²) in [5.74, 6) is 0.258. The maximum Gasteiger partial charge on any atom is 0.279 e. The molecule has 0 saturated carbocycles. The Morgan fingerprint density at radius 2 is 1.90 bits per heavy atom. The molecule has 0 radical (unpaired) electrons. The van der Waals surface area contributed by atoms with E-state index >= 15 is 0 Å². The van der Waals surface area contributed by atoms with Gasteiger partial charge in [0.2, 0.25) is 10.0 Å². The first-order chi connectivity index (χ1) is 14.6. The quantitative estimate of drug-likeness (QED) is 0.379. The van der Waals surface area contributed by atoms with Gasteiger partial charge in [-0.15, -0.1) is 0 Å². The number of hydrogen-bond donors (Lipinski definition) is 0. The predicted molar refractivity (Wildman–Crippen MR) is 122 cm³/mol. The highest BCUT2D eigenvalue weighted by molar-refractivity contribution is 7.98. The first-order valence-electron chi connectivity index (χ1n) is 9.03. The number of rotatable bonds is 7. The number of nitrogens with zero attached hydrogens (tertiary/aromatic N) is 4. The van der Waals surface area contributed by atoms with Gasteiger partial charge >= 0.3 is 0 Å². The smallest absolute Gasteiger partial charge is 0.279 e. The van der Waals surface area contributed by atoms with Crippen molar-refractivity contribution in [1.29, 1.82) is 0 Å². The maximum absolute atomic E-state index is 12.7. The lowest BCUT2D eigenvalue weighted by Gasteiger charge is -2.11. The average molecular weight is 481 g/mol. The van der Waals surface area contributed by atoms with E-state index in [2.05, 4.69) is 4.99 Å². The highest BCUT2D eigenvalue weighted by Gasteiger charge is 2.18. The summed E-state index contributed by atoms with van der Waals surface area (Å²) in [5.41, 5.74) is 0.988. The molecular formula is C19H20N4O5S3. The summed E-state index contributed by atoms with van der Waals surface area (Å²) in [5, 5.41) is 11.1. The van der Waals surface area contributed by atoms with Crippen LogP contribution in [-0.4, -0.2) is 54.2 Å². The van der Waals surface area contributed by atoms with Crippen LogP contribution in [0.1, 0.15) is 10.4 Å². The Morgan fingerprint density at radius 3 is 2.48 bits per heavy atom. The minimum absolute atomic E-state index is 0.0265. The van der Waals surface area contributed by atoms with Crippen molar-refractivity contribution < 1.29 is 18.1 Å². The van der Waals surface area contributed by atoms with Gasteiger partial charge in [-0.05, 0) is 36.6 Å². The van der Waals surface area contributed by atoms with E-state index in [9.17, 15) is 23.3 Å². The number of carbonyl (C=O) groups is 1. The number of carbonyl (C=O) groups excluding carboxylic acids is 1. The van der Waals surface area contributed by atoms with E-state index in [0.717, 1.165) is 15.6 Å². The topological polar surface area (TPSA) is 115 Å². The molecule has 0 saturated heterocycles. The molecule has 12 heteroatoms. The number of nitro benzene ring substituents is 1. The lowest BCUT2D eigenvalue weighted by atomic mass is 10.2. The first-order valence-corrected chi connectivity index (χ1v) is 12.7. The van der Waals surface area contributed by atoms with Gasteiger partial charge in [-0.25, -0.2) is 12.7 Å². The molecular weight excluding hydrogens is 460 g/mol. The van der Waals surface area contributed by atoms with E-state index in [1.165, 1.54) is 61.8 Å². The normalized spacial score (nSPS) is 12.6.